The van der Waals surface area contributed by atoms with E-state index in [2.05, 4.69) is 9.68 Å². The van der Waals surface area contributed by atoms with Crippen molar-refractivity contribution in [1.82, 2.24) is 5.16 Å². The van der Waals surface area contributed by atoms with Crippen LogP contribution in [0, 0.1) is 5.41 Å². The van der Waals surface area contributed by atoms with Crippen LogP contribution in [0.3, 0.4) is 0 Å². The third-order valence-electron chi connectivity index (χ3n) is 2.79. The highest BCUT2D eigenvalue weighted by Gasteiger charge is 2.44. The predicted octanol–water partition coefficient (Wildman–Crippen LogP) is 1.47. The van der Waals surface area contributed by atoms with Crippen molar-refractivity contribution in [1.29, 1.82) is 0 Å². The fraction of sp³-hybridized carbons (Fsp3) is 0.556. The number of nitrogens with zero attached hydrogens (tertiary/aromatic N) is 1. The van der Waals surface area contributed by atoms with E-state index in [0.29, 0.717) is 6.42 Å². The molecule has 0 aromatic carbocycles. The average Bonchev–Trinajstić information content (AvgIpc) is 2.47. The van der Waals surface area contributed by atoms with Crippen LogP contribution < -0.4 is 0 Å². The lowest BCUT2D eigenvalue weighted by molar-refractivity contribution is -0.154. The van der Waals surface area contributed by atoms with Gasteiger partial charge in [0.05, 0.1) is 11.6 Å². The van der Waals surface area contributed by atoms with Crippen molar-refractivity contribution in [3.63, 3.8) is 0 Å². The highest BCUT2D eigenvalue weighted by atomic mass is 16.5. The van der Waals surface area contributed by atoms with Crippen molar-refractivity contribution in [3.05, 3.63) is 18.0 Å². The van der Waals surface area contributed by atoms with Gasteiger partial charge in [-0.25, -0.2) is 0 Å². The molecule has 0 atom stereocenters. The first-order valence-electron chi connectivity index (χ1n) is 4.35. The first kappa shape index (κ1) is 8.29. The molecule has 1 N–H and O–H groups in total. The molecule has 0 spiro atoms. The van der Waals surface area contributed by atoms with E-state index in [0.717, 1.165) is 24.8 Å². The molecule has 1 aliphatic rings. The minimum absolute atomic E-state index is 0.536. The molecular formula is C9H11NO3. The summed E-state index contributed by atoms with van der Waals surface area (Å²) in [6.07, 6.45) is 6.20. The molecule has 1 aromatic heterocycles. The standard InChI is InChI=1S/C9H11NO3/c11-8(12)9(2-1-3-9)4-7-5-10-13-6-7/h5-6H,1-4H2,(H,11,12). The first-order chi connectivity index (χ1) is 6.23. The molecule has 1 aliphatic carbocycles. The number of hydrogen-bond acceptors (Lipinski definition) is 3. The molecule has 1 saturated carbocycles. The summed E-state index contributed by atoms with van der Waals surface area (Å²) in [6, 6.07) is 0. The van der Waals surface area contributed by atoms with Gasteiger partial charge in [-0.3, -0.25) is 4.79 Å². The van der Waals surface area contributed by atoms with Crippen molar-refractivity contribution in [2.45, 2.75) is 25.7 Å². The van der Waals surface area contributed by atoms with E-state index in [1.807, 2.05) is 0 Å². The van der Waals surface area contributed by atoms with Crippen LogP contribution in [0.5, 0.6) is 0 Å². The minimum Gasteiger partial charge on any atom is -0.481 e. The van der Waals surface area contributed by atoms with Gasteiger partial charge in [0.1, 0.15) is 6.26 Å². The number of carbonyl (C=O) groups is 1. The highest BCUT2D eigenvalue weighted by molar-refractivity contribution is 5.76. The van der Waals surface area contributed by atoms with Gasteiger partial charge < -0.3 is 9.63 Å². The Labute approximate surface area is 75.5 Å². The largest absolute Gasteiger partial charge is 0.481 e. The third-order valence-corrected chi connectivity index (χ3v) is 2.79. The Bertz CT molecular complexity index is 301. The summed E-state index contributed by atoms with van der Waals surface area (Å²) in [5.41, 5.74) is 0.341. The van der Waals surface area contributed by atoms with E-state index in [-0.39, 0.29) is 0 Å². The summed E-state index contributed by atoms with van der Waals surface area (Å²) in [4.78, 5) is 11.0. The zero-order valence-corrected chi connectivity index (χ0v) is 7.19. The normalized spacial score (nSPS) is 19.4. The smallest absolute Gasteiger partial charge is 0.309 e. The van der Waals surface area contributed by atoms with Crippen LogP contribution in [0.4, 0.5) is 0 Å². The second-order valence-corrected chi connectivity index (χ2v) is 3.65. The molecule has 13 heavy (non-hydrogen) atoms. The summed E-state index contributed by atoms with van der Waals surface area (Å²) in [5.74, 6) is -0.694. The van der Waals surface area contributed by atoms with E-state index >= 15 is 0 Å². The molecule has 0 unspecified atom stereocenters. The molecule has 0 saturated heterocycles. The first-order valence-corrected chi connectivity index (χ1v) is 4.35. The Kier molecular flexibility index (Phi) is 1.83. The number of aromatic nitrogens is 1. The van der Waals surface area contributed by atoms with Crippen molar-refractivity contribution in [2.24, 2.45) is 5.41 Å². The second kappa shape index (κ2) is 2.87. The molecule has 2 rings (SSSR count). The Hall–Kier alpha value is -1.32. The van der Waals surface area contributed by atoms with Crippen molar-refractivity contribution in [2.75, 3.05) is 0 Å². The molecule has 70 valence electrons. The molecule has 0 bridgehead atoms. The number of rotatable bonds is 3. The average molecular weight is 181 g/mol. The number of aliphatic carboxylic acids is 1. The molecule has 1 heterocycles. The maximum atomic E-state index is 11.0. The van der Waals surface area contributed by atoms with Crippen molar-refractivity contribution < 1.29 is 14.4 Å². The summed E-state index contributed by atoms with van der Waals surface area (Å²) >= 11 is 0. The molecule has 1 fully saturated rings. The highest BCUT2D eigenvalue weighted by Crippen LogP contribution is 2.43. The fourth-order valence-corrected chi connectivity index (χ4v) is 1.77. The number of carboxylic acids is 1. The topological polar surface area (TPSA) is 63.3 Å². The third kappa shape index (κ3) is 1.32. The summed E-state index contributed by atoms with van der Waals surface area (Å²) in [5, 5.41) is 12.6. The Morgan fingerprint density at radius 1 is 1.69 bits per heavy atom. The van der Waals surface area contributed by atoms with Crippen LogP contribution in [0.15, 0.2) is 17.0 Å². The molecule has 0 amide bonds. The fourth-order valence-electron chi connectivity index (χ4n) is 1.77. The van der Waals surface area contributed by atoms with Gasteiger partial charge in [-0.2, -0.15) is 0 Å². The monoisotopic (exact) mass is 181 g/mol. The van der Waals surface area contributed by atoms with Gasteiger partial charge in [0.2, 0.25) is 0 Å². The molecule has 4 nitrogen and oxygen atoms in total. The Morgan fingerprint density at radius 3 is 2.85 bits per heavy atom. The SMILES string of the molecule is O=C(O)C1(Cc2cnoc2)CCC1. The summed E-state index contributed by atoms with van der Waals surface area (Å²) in [7, 11) is 0. The molecule has 4 heteroatoms. The van der Waals surface area contributed by atoms with Gasteiger partial charge in [-0.05, 0) is 19.3 Å². The van der Waals surface area contributed by atoms with E-state index in [1.165, 1.54) is 6.26 Å². The van der Waals surface area contributed by atoms with Crippen molar-refractivity contribution in [3.8, 4) is 0 Å². The minimum atomic E-state index is -0.694. The Balaban J connectivity index is 2.11. The van der Waals surface area contributed by atoms with E-state index in [1.54, 1.807) is 6.20 Å². The quantitative estimate of drug-likeness (QED) is 0.766. The van der Waals surface area contributed by atoms with Crippen LogP contribution in [0.25, 0.3) is 0 Å². The van der Waals surface area contributed by atoms with Crippen molar-refractivity contribution >= 4 is 5.97 Å². The van der Waals surface area contributed by atoms with Gasteiger partial charge in [-0.15, -0.1) is 0 Å². The predicted molar refractivity (Wildman–Crippen MR) is 44.1 cm³/mol. The summed E-state index contributed by atoms with van der Waals surface area (Å²) < 4.78 is 4.67. The van der Waals surface area contributed by atoms with E-state index in [4.69, 9.17) is 5.11 Å². The lowest BCUT2D eigenvalue weighted by Gasteiger charge is -2.37. The molecule has 0 aliphatic heterocycles. The summed E-state index contributed by atoms with van der Waals surface area (Å²) in [6.45, 7) is 0. The van der Waals surface area contributed by atoms with Gasteiger partial charge in [0, 0.05) is 5.56 Å². The maximum Gasteiger partial charge on any atom is 0.309 e. The van der Waals surface area contributed by atoms with Gasteiger partial charge >= 0.3 is 5.97 Å². The molecule has 1 aromatic rings. The number of carboxylic acid groups (broad SMARTS) is 1. The van der Waals surface area contributed by atoms with Gasteiger partial charge in [0.25, 0.3) is 0 Å². The molecular weight excluding hydrogens is 170 g/mol. The zero-order valence-electron chi connectivity index (χ0n) is 7.19. The van der Waals surface area contributed by atoms with E-state index in [9.17, 15) is 4.79 Å². The van der Waals surface area contributed by atoms with Crippen LogP contribution in [-0.2, 0) is 11.2 Å². The van der Waals surface area contributed by atoms with E-state index < -0.39 is 11.4 Å². The molecule has 0 radical (unpaired) electrons. The van der Waals surface area contributed by atoms with Crippen LogP contribution in [-0.4, -0.2) is 16.2 Å². The number of hydrogen-bond donors (Lipinski definition) is 1. The van der Waals surface area contributed by atoms with Crippen LogP contribution >= 0.6 is 0 Å². The van der Waals surface area contributed by atoms with Gasteiger partial charge in [0.15, 0.2) is 0 Å². The lowest BCUT2D eigenvalue weighted by atomic mass is 9.66. The Morgan fingerprint density at radius 2 is 2.46 bits per heavy atom. The van der Waals surface area contributed by atoms with Gasteiger partial charge in [-0.1, -0.05) is 11.6 Å². The van der Waals surface area contributed by atoms with Crippen LogP contribution in [0.1, 0.15) is 24.8 Å². The zero-order chi connectivity index (χ0) is 9.31. The maximum absolute atomic E-state index is 11.0. The van der Waals surface area contributed by atoms with Crippen LogP contribution in [0.2, 0.25) is 0 Å². The lowest BCUT2D eigenvalue weighted by Crippen LogP contribution is -2.39. The second-order valence-electron chi connectivity index (χ2n) is 3.65.